The zero-order valence-electron chi connectivity index (χ0n) is 8.82. The van der Waals surface area contributed by atoms with Gasteiger partial charge in [-0.2, -0.15) is 0 Å². The molecule has 1 saturated heterocycles. The first-order valence-electron chi connectivity index (χ1n) is 4.98. The molecule has 94 valence electrons. The lowest BCUT2D eigenvalue weighted by molar-refractivity contribution is -0.141. The fourth-order valence-electron chi connectivity index (χ4n) is 2.03. The molecule has 0 saturated carbocycles. The van der Waals surface area contributed by atoms with Gasteiger partial charge in [0.1, 0.15) is 0 Å². The van der Waals surface area contributed by atoms with Gasteiger partial charge in [-0.15, -0.1) is 12.4 Å². The monoisotopic (exact) mass is 263 g/mol. The van der Waals surface area contributed by atoms with Crippen molar-refractivity contribution in [1.29, 1.82) is 0 Å². The SMILES string of the molecule is Cl.O=C(O)[C@@H]1CNC[C@H]1c1ccc(F)c(F)c1. The third kappa shape index (κ3) is 2.73. The summed E-state index contributed by atoms with van der Waals surface area (Å²) in [7, 11) is 0. The van der Waals surface area contributed by atoms with E-state index < -0.39 is 23.5 Å². The first-order valence-corrected chi connectivity index (χ1v) is 4.98. The van der Waals surface area contributed by atoms with E-state index in [4.69, 9.17) is 5.11 Å². The molecular weight excluding hydrogens is 252 g/mol. The van der Waals surface area contributed by atoms with Crippen LogP contribution >= 0.6 is 12.4 Å². The average molecular weight is 264 g/mol. The van der Waals surface area contributed by atoms with Gasteiger partial charge in [-0.1, -0.05) is 6.07 Å². The molecule has 0 amide bonds. The van der Waals surface area contributed by atoms with Crippen LogP contribution in [0, 0.1) is 17.6 Å². The van der Waals surface area contributed by atoms with Gasteiger partial charge in [0.15, 0.2) is 11.6 Å². The van der Waals surface area contributed by atoms with Crippen molar-refractivity contribution in [3.8, 4) is 0 Å². The summed E-state index contributed by atoms with van der Waals surface area (Å²) in [6, 6.07) is 3.54. The smallest absolute Gasteiger partial charge is 0.308 e. The Morgan fingerprint density at radius 2 is 2.00 bits per heavy atom. The minimum absolute atomic E-state index is 0. The minimum atomic E-state index is -0.937. The maximum absolute atomic E-state index is 13.0. The highest BCUT2D eigenvalue weighted by atomic mass is 35.5. The molecule has 17 heavy (non-hydrogen) atoms. The van der Waals surface area contributed by atoms with Crippen LogP contribution < -0.4 is 5.32 Å². The van der Waals surface area contributed by atoms with Crippen LogP contribution in [0.25, 0.3) is 0 Å². The number of benzene rings is 1. The number of hydrogen-bond acceptors (Lipinski definition) is 2. The maximum atomic E-state index is 13.0. The normalized spacial score (nSPS) is 23.2. The number of halogens is 3. The molecule has 3 nitrogen and oxygen atoms in total. The Balaban J connectivity index is 0.00000144. The van der Waals surface area contributed by atoms with Crippen LogP contribution in [0.15, 0.2) is 18.2 Å². The molecule has 0 unspecified atom stereocenters. The second-order valence-corrected chi connectivity index (χ2v) is 3.88. The van der Waals surface area contributed by atoms with Crippen LogP contribution in [-0.4, -0.2) is 24.2 Å². The zero-order chi connectivity index (χ0) is 11.7. The lowest BCUT2D eigenvalue weighted by Gasteiger charge is -2.14. The van der Waals surface area contributed by atoms with Crippen LogP contribution in [0.3, 0.4) is 0 Å². The van der Waals surface area contributed by atoms with Crippen molar-refractivity contribution in [2.45, 2.75) is 5.92 Å². The molecule has 0 radical (unpaired) electrons. The van der Waals surface area contributed by atoms with E-state index in [-0.39, 0.29) is 18.3 Å². The topological polar surface area (TPSA) is 49.3 Å². The van der Waals surface area contributed by atoms with E-state index in [2.05, 4.69) is 5.32 Å². The quantitative estimate of drug-likeness (QED) is 0.855. The number of carboxylic acid groups (broad SMARTS) is 1. The van der Waals surface area contributed by atoms with Crippen molar-refractivity contribution in [2.24, 2.45) is 5.92 Å². The number of aliphatic carboxylic acids is 1. The van der Waals surface area contributed by atoms with E-state index in [0.717, 1.165) is 12.1 Å². The van der Waals surface area contributed by atoms with Gasteiger partial charge in [-0.25, -0.2) is 8.78 Å². The lowest BCUT2D eigenvalue weighted by Crippen LogP contribution is -2.21. The third-order valence-corrected chi connectivity index (χ3v) is 2.90. The Kier molecular flexibility index (Phi) is 4.42. The zero-order valence-corrected chi connectivity index (χ0v) is 9.64. The standard InChI is InChI=1S/C11H11F2NO2.ClH/c12-9-2-1-6(3-10(9)13)7-4-14-5-8(7)11(15)16;/h1-3,7-8,14H,4-5H2,(H,15,16);1H/t7-,8+;/m0./s1. The van der Waals surface area contributed by atoms with Crippen LogP contribution in [-0.2, 0) is 4.79 Å². The van der Waals surface area contributed by atoms with E-state index in [0.29, 0.717) is 18.7 Å². The predicted molar refractivity (Wildman–Crippen MR) is 60.3 cm³/mol. The van der Waals surface area contributed by atoms with Gasteiger partial charge in [0.25, 0.3) is 0 Å². The molecule has 2 N–H and O–H groups in total. The van der Waals surface area contributed by atoms with E-state index in [9.17, 15) is 13.6 Å². The molecule has 2 rings (SSSR count). The van der Waals surface area contributed by atoms with E-state index in [1.54, 1.807) is 0 Å². The minimum Gasteiger partial charge on any atom is -0.481 e. The van der Waals surface area contributed by atoms with Gasteiger partial charge >= 0.3 is 5.97 Å². The predicted octanol–water partition coefficient (Wildman–Crippen LogP) is 1.77. The molecule has 1 aliphatic rings. The lowest BCUT2D eigenvalue weighted by atomic mass is 9.89. The molecule has 0 bridgehead atoms. The molecule has 0 spiro atoms. The molecule has 1 aromatic rings. The number of carbonyl (C=O) groups is 1. The molecule has 1 fully saturated rings. The van der Waals surface area contributed by atoms with Crippen LogP contribution in [0.5, 0.6) is 0 Å². The summed E-state index contributed by atoms with van der Waals surface area (Å²) in [5.41, 5.74) is 0.524. The van der Waals surface area contributed by atoms with Crippen molar-refractivity contribution in [2.75, 3.05) is 13.1 Å². The van der Waals surface area contributed by atoms with Gasteiger partial charge in [-0.05, 0) is 17.7 Å². The van der Waals surface area contributed by atoms with E-state index in [1.807, 2.05) is 0 Å². The van der Waals surface area contributed by atoms with E-state index >= 15 is 0 Å². The second-order valence-electron chi connectivity index (χ2n) is 3.88. The van der Waals surface area contributed by atoms with Crippen molar-refractivity contribution >= 4 is 18.4 Å². The highest BCUT2D eigenvalue weighted by Gasteiger charge is 2.34. The molecule has 1 heterocycles. The first kappa shape index (κ1) is 13.9. The second kappa shape index (κ2) is 5.42. The highest BCUT2D eigenvalue weighted by Crippen LogP contribution is 2.29. The summed E-state index contributed by atoms with van der Waals surface area (Å²) in [5, 5.41) is 11.9. The van der Waals surface area contributed by atoms with Crippen LogP contribution in [0.2, 0.25) is 0 Å². The summed E-state index contributed by atoms with van der Waals surface area (Å²) in [5.74, 6) is -3.65. The van der Waals surface area contributed by atoms with Crippen molar-refractivity contribution in [3.05, 3.63) is 35.4 Å². The van der Waals surface area contributed by atoms with Crippen LogP contribution in [0.4, 0.5) is 8.78 Å². The number of hydrogen-bond donors (Lipinski definition) is 2. The van der Waals surface area contributed by atoms with Crippen LogP contribution in [0.1, 0.15) is 11.5 Å². The first-order chi connectivity index (χ1) is 7.59. The van der Waals surface area contributed by atoms with Gasteiger partial charge in [0.2, 0.25) is 0 Å². The Labute approximate surface area is 103 Å². The van der Waals surface area contributed by atoms with Crippen molar-refractivity contribution in [1.82, 2.24) is 5.32 Å². The molecule has 2 atom stereocenters. The Morgan fingerprint density at radius 3 is 2.59 bits per heavy atom. The average Bonchev–Trinajstić information content (AvgIpc) is 2.71. The van der Waals surface area contributed by atoms with E-state index in [1.165, 1.54) is 6.07 Å². The molecule has 6 heteroatoms. The number of rotatable bonds is 2. The van der Waals surface area contributed by atoms with Gasteiger partial charge in [-0.3, -0.25) is 4.79 Å². The summed E-state index contributed by atoms with van der Waals surface area (Å²) in [4.78, 5) is 10.9. The van der Waals surface area contributed by atoms with Gasteiger partial charge in [0, 0.05) is 19.0 Å². The van der Waals surface area contributed by atoms with Gasteiger partial charge < -0.3 is 10.4 Å². The number of carboxylic acids is 1. The Morgan fingerprint density at radius 1 is 1.29 bits per heavy atom. The molecule has 0 aromatic heterocycles. The molecule has 0 aliphatic carbocycles. The Hall–Kier alpha value is -1.20. The molecular formula is C11H12ClF2NO2. The summed E-state index contributed by atoms with van der Waals surface area (Å²) < 4.78 is 25.8. The highest BCUT2D eigenvalue weighted by molar-refractivity contribution is 5.85. The van der Waals surface area contributed by atoms with Gasteiger partial charge in [0.05, 0.1) is 5.92 Å². The van der Waals surface area contributed by atoms with Crippen molar-refractivity contribution < 1.29 is 18.7 Å². The fraction of sp³-hybridized carbons (Fsp3) is 0.364. The van der Waals surface area contributed by atoms with Crippen molar-refractivity contribution in [3.63, 3.8) is 0 Å². The summed E-state index contributed by atoms with van der Waals surface area (Å²) in [6.45, 7) is 0.834. The maximum Gasteiger partial charge on any atom is 0.308 e. The fourth-order valence-corrected chi connectivity index (χ4v) is 2.03. The largest absolute Gasteiger partial charge is 0.481 e. The molecule has 1 aromatic carbocycles. The molecule has 1 aliphatic heterocycles. The third-order valence-electron chi connectivity index (χ3n) is 2.90. The summed E-state index contributed by atoms with van der Waals surface area (Å²) >= 11 is 0. The Bertz CT molecular complexity index is 428. The summed E-state index contributed by atoms with van der Waals surface area (Å²) in [6.07, 6.45) is 0. The number of nitrogens with one attached hydrogen (secondary N) is 1.